The van der Waals surface area contributed by atoms with Gasteiger partial charge in [-0.1, -0.05) is 11.6 Å². The highest BCUT2D eigenvalue weighted by molar-refractivity contribution is 6.32. The Hall–Kier alpha value is -1.11. The van der Waals surface area contributed by atoms with E-state index in [0.717, 1.165) is 0 Å². The predicted molar refractivity (Wildman–Crippen MR) is 64.7 cm³/mol. The molecule has 3 atom stereocenters. The molecule has 0 amide bonds. The second-order valence-corrected chi connectivity index (χ2v) is 4.62. The maximum Gasteiger partial charge on any atom is 0.157 e. The van der Waals surface area contributed by atoms with Gasteiger partial charge in [0.2, 0.25) is 0 Å². The Kier molecular flexibility index (Phi) is 3.66. The number of hydrogen-bond donors (Lipinski definition) is 4. The van der Waals surface area contributed by atoms with Gasteiger partial charge in [0.25, 0.3) is 0 Å². The van der Waals surface area contributed by atoms with Gasteiger partial charge in [0.15, 0.2) is 11.0 Å². The van der Waals surface area contributed by atoms with Gasteiger partial charge < -0.3 is 21.3 Å². The molecule has 0 saturated heterocycles. The Labute approximate surface area is 104 Å². The lowest BCUT2D eigenvalue weighted by atomic mass is 10.1. The van der Waals surface area contributed by atoms with Gasteiger partial charge in [0, 0.05) is 6.61 Å². The molecule has 6 nitrogen and oxygen atoms in total. The molecule has 0 aromatic carbocycles. The lowest BCUT2D eigenvalue weighted by molar-refractivity contribution is 0.157. The average Bonchev–Trinajstić information content (AvgIpc) is 2.66. The minimum Gasteiger partial charge on any atom is -0.396 e. The topological polar surface area (TPSA) is 104 Å². The van der Waals surface area contributed by atoms with E-state index in [1.165, 1.54) is 6.33 Å². The highest BCUT2D eigenvalue weighted by atomic mass is 35.5. The van der Waals surface area contributed by atoms with E-state index >= 15 is 0 Å². The Morgan fingerprint density at radius 2 is 2.24 bits per heavy atom. The van der Waals surface area contributed by atoms with Crippen LogP contribution in [-0.2, 0) is 0 Å². The molecule has 1 fully saturated rings. The van der Waals surface area contributed by atoms with Crippen LogP contribution >= 0.6 is 11.6 Å². The van der Waals surface area contributed by atoms with E-state index in [-0.39, 0.29) is 29.4 Å². The second-order valence-electron chi connectivity index (χ2n) is 4.26. The van der Waals surface area contributed by atoms with Gasteiger partial charge in [0.05, 0.1) is 12.1 Å². The highest BCUT2D eigenvalue weighted by Gasteiger charge is 2.33. The maximum absolute atomic E-state index is 9.82. The molecule has 1 aromatic rings. The number of anilines is 2. The number of hydrogen-bond acceptors (Lipinski definition) is 6. The summed E-state index contributed by atoms with van der Waals surface area (Å²) in [5.74, 6) is 0.536. The summed E-state index contributed by atoms with van der Waals surface area (Å²) in [6, 6.07) is -0.166. The number of nitrogens with two attached hydrogens (primary N) is 1. The first-order valence-corrected chi connectivity index (χ1v) is 5.81. The lowest BCUT2D eigenvalue weighted by Crippen LogP contribution is -2.28. The number of rotatable bonds is 3. The molecular weight excluding hydrogens is 244 g/mol. The van der Waals surface area contributed by atoms with E-state index in [4.69, 9.17) is 22.4 Å². The summed E-state index contributed by atoms with van der Waals surface area (Å²) in [6.07, 6.45) is 2.05. The fourth-order valence-corrected chi connectivity index (χ4v) is 2.22. The first kappa shape index (κ1) is 12.3. The fraction of sp³-hybridized carbons (Fsp3) is 0.600. The number of nitrogen functional groups attached to an aromatic ring is 1. The van der Waals surface area contributed by atoms with Crippen molar-refractivity contribution in [1.29, 1.82) is 0 Å². The van der Waals surface area contributed by atoms with Crippen LogP contribution in [0, 0.1) is 5.92 Å². The summed E-state index contributed by atoms with van der Waals surface area (Å²) in [7, 11) is 0. The molecular formula is C10H15ClN4O2. The van der Waals surface area contributed by atoms with E-state index in [1.54, 1.807) is 0 Å². The number of nitrogens with zero attached hydrogens (tertiary/aromatic N) is 2. The maximum atomic E-state index is 9.82. The zero-order valence-corrected chi connectivity index (χ0v) is 9.93. The van der Waals surface area contributed by atoms with Crippen molar-refractivity contribution in [2.45, 2.75) is 25.0 Å². The normalized spacial score (nSPS) is 28.3. The van der Waals surface area contributed by atoms with Gasteiger partial charge in [-0.25, -0.2) is 9.97 Å². The molecule has 5 N–H and O–H groups in total. The van der Waals surface area contributed by atoms with Crippen LogP contribution in [0.1, 0.15) is 12.8 Å². The summed E-state index contributed by atoms with van der Waals surface area (Å²) < 4.78 is 0. The molecule has 1 heterocycles. The SMILES string of the molecule is Nc1c(Cl)ncnc1NC1CC(CO)CC1O. The summed E-state index contributed by atoms with van der Waals surface area (Å²) in [5, 5.41) is 22.1. The van der Waals surface area contributed by atoms with Crippen molar-refractivity contribution >= 4 is 23.1 Å². The van der Waals surface area contributed by atoms with E-state index in [2.05, 4.69) is 15.3 Å². The summed E-state index contributed by atoms with van der Waals surface area (Å²) >= 11 is 5.77. The minimum atomic E-state index is -0.514. The Balaban J connectivity index is 2.08. The van der Waals surface area contributed by atoms with E-state index in [9.17, 15) is 5.11 Å². The quantitative estimate of drug-likeness (QED) is 0.580. The molecule has 2 rings (SSSR count). The zero-order valence-electron chi connectivity index (χ0n) is 9.17. The standard InChI is InChI=1S/C10H15ClN4O2/c11-9-8(12)10(14-4-13-9)15-6-1-5(3-16)2-7(6)17/h4-7,16-17H,1-3,12H2,(H,13,14,15). The Bertz CT molecular complexity index is 404. The van der Waals surface area contributed by atoms with Crippen LogP contribution in [0.3, 0.4) is 0 Å². The first-order valence-electron chi connectivity index (χ1n) is 5.43. The van der Waals surface area contributed by atoms with Crippen molar-refractivity contribution in [3.63, 3.8) is 0 Å². The first-order chi connectivity index (χ1) is 8.11. The molecule has 0 aliphatic heterocycles. The van der Waals surface area contributed by atoms with Crippen molar-refractivity contribution in [2.24, 2.45) is 5.92 Å². The molecule has 0 radical (unpaired) electrons. The number of aromatic nitrogens is 2. The lowest BCUT2D eigenvalue weighted by Gasteiger charge is -2.18. The van der Waals surface area contributed by atoms with Gasteiger partial charge in [-0.15, -0.1) is 0 Å². The smallest absolute Gasteiger partial charge is 0.157 e. The summed E-state index contributed by atoms with van der Waals surface area (Å²) in [4.78, 5) is 7.73. The average molecular weight is 259 g/mol. The molecule has 3 unspecified atom stereocenters. The van der Waals surface area contributed by atoms with Gasteiger partial charge in [-0.3, -0.25) is 0 Å². The van der Waals surface area contributed by atoms with Crippen molar-refractivity contribution in [2.75, 3.05) is 17.7 Å². The van der Waals surface area contributed by atoms with Crippen LogP contribution < -0.4 is 11.1 Å². The van der Waals surface area contributed by atoms with Crippen LogP contribution in [0.15, 0.2) is 6.33 Å². The van der Waals surface area contributed by atoms with E-state index < -0.39 is 6.10 Å². The van der Waals surface area contributed by atoms with Gasteiger partial charge in [-0.05, 0) is 18.8 Å². The number of aliphatic hydroxyl groups is 2. The van der Waals surface area contributed by atoms with Crippen LogP contribution in [0.25, 0.3) is 0 Å². The molecule has 0 bridgehead atoms. The van der Waals surface area contributed by atoms with Crippen LogP contribution in [0.4, 0.5) is 11.5 Å². The number of halogens is 1. The Morgan fingerprint density at radius 1 is 1.47 bits per heavy atom. The molecule has 1 aliphatic carbocycles. The molecule has 17 heavy (non-hydrogen) atoms. The molecule has 1 aliphatic rings. The third kappa shape index (κ3) is 2.59. The minimum absolute atomic E-state index is 0.0786. The molecule has 1 aromatic heterocycles. The van der Waals surface area contributed by atoms with Crippen LogP contribution in [0.2, 0.25) is 5.15 Å². The molecule has 7 heteroatoms. The zero-order chi connectivity index (χ0) is 12.4. The number of nitrogens with one attached hydrogen (secondary N) is 1. The third-order valence-corrected chi connectivity index (χ3v) is 3.34. The van der Waals surface area contributed by atoms with Gasteiger partial charge in [-0.2, -0.15) is 0 Å². The fourth-order valence-electron chi connectivity index (χ4n) is 2.09. The highest BCUT2D eigenvalue weighted by Crippen LogP contribution is 2.30. The van der Waals surface area contributed by atoms with E-state index in [0.29, 0.717) is 18.7 Å². The third-order valence-electron chi connectivity index (χ3n) is 3.04. The largest absolute Gasteiger partial charge is 0.396 e. The molecule has 94 valence electrons. The van der Waals surface area contributed by atoms with Crippen LogP contribution in [-0.4, -0.2) is 38.9 Å². The Morgan fingerprint density at radius 3 is 2.88 bits per heavy atom. The van der Waals surface area contributed by atoms with Gasteiger partial charge in [0.1, 0.15) is 12.0 Å². The molecule has 1 saturated carbocycles. The molecule has 0 spiro atoms. The van der Waals surface area contributed by atoms with Crippen molar-refractivity contribution in [1.82, 2.24) is 9.97 Å². The predicted octanol–water partition coefficient (Wildman–Crippen LogP) is 0.256. The van der Waals surface area contributed by atoms with Crippen LogP contribution in [0.5, 0.6) is 0 Å². The monoisotopic (exact) mass is 258 g/mol. The second kappa shape index (κ2) is 5.03. The van der Waals surface area contributed by atoms with Crippen molar-refractivity contribution in [3.8, 4) is 0 Å². The summed E-state index contributed by atoms with van der Waals surface area (Å²) in [6.45, 7) is 0.0786. The summed E-state index contributed by atoms with van der Waals surface area (Å²) in [5.41, 5.74) is 5.99. The number of aliphatic hydroxyl groups excluding tert-OH is 2. The van der Waals surface area contributed by atoms with E-state index in [1.807, 2.05) is 0 Å². The van der Waals surface area contributed by atoms with Crippen molar-refractivity contribution < 1.29 is 10.2 Å². The van der Waals surface area contributed by atoms with Crippen molar-refractivity contribution in [3.05, 3.63) is 11.5 Å². The van der Waals surface area contributed by atoms with Gasteiger partial charge >= 0.3 is 0 Å².